The van der Waals surface area contributed by atoms with E-state index in [1.165, 1.54) is 6.92 Å². The zero-order chi connectivity index (χ0) is 13.9. The van der Waals surface area contributed by atoms with Crippen molar-refractivity contribution >= 4 is 20.1 Å². The van der Waals surface area contributed by atoms with E-state index in [-0.39, 0.29) is 23.7 Å². The van der Waals surface area contributed by atoms with Crippen molar-refractivity contribution in [3.8, 4) is 0 Å². The molecular formula is C12H24O4Si. The molecular weight excluding hydrogens is 236 g/mol. The molecule has 17 heavy (non-hydrogen) atoms. The van der Waals surface area contributed by atoms with Gasteiger partial charge in [0.2, 0.25) is 0 Å². The lowest BCUT2D eigenvalue weighted by Gasteiger charge is -2.38. The van der Waals surface area contributed by atoms with Crippen LogP contribution < -0.4 is 0 Å². The second-order valence-corrected chi connectivity index (χ2v) is 10.8. The number of hydrogen-bond acceptors (Lipinski definition) is 3. The van der Waals surface area contributed by atoms with Crippen LogP contribution in [0.15, 0.2) is 0 Å². The highest BCUT2D eigenvalue weighted by Crippen LogP contribution is 2.37. The van der Waals surface area contributed by atoms with Gasteiger partial charge < -0.3 is 9.53 Å². The van der Waals surface area contributed by atoms with Gasteiger partial charge >= 0.3 is 5.97 Å². The smallest absolute Gasteiger partial charge is 0.305 e. The molecule has 0 radical (unpaired) electrons. The third-order valence-corrected chi connectivity index (χ3v) is 7.72. The van der Waals surface area contributed by atoms with Crippen LogP contribution in [0, 0.1) is 0 Å². The number of hydrogen-bond donors (Lipinski definition) is 1. The molecule has 1 atom stereocenters. The second kappa shape index (κ2) is 5.77. The maximum Gasteiger partial charge on any atom is 0.305 e. The summed E-state index contributed by atoms with van der Waals surface area (Å²) in [4.78, 5) is 21.9. The summed E-state index contributed by atoms with van der Waals surface area (Å²) in [5, 5.41) is 8.83. The fourth-order valence-corrected chi connectivity index (χ4v) is 2.62. The Bertz CT molecular complexity index is 275. The highest BCUT2D eigenvalue weighted by atomic mass is 28.4. The number of Topliss-reactive ketones (excluding diaryl/α,β-unsaturated/α-hetero) is 1. The molecule has 0 aromatic rings. The van der Waals surface area contributed by atoms with Crippen molar-refractivity contribution in [2.24, 2.45) is 0 Å². The molecule has 0 bridgehead atoms. The van der Waals surface area contributed by atoms with Crippen molar-refractivity contribution in [1.29, 1.82) is 0 Å². The predicted octanol–water partition coefficient (Wildman–Crippen LogP) is 2.83. The highest BCUT2D eigenvalue weighted by Gasteiger charge is 2.39. The normalized spacial score (nSPS) is 14.5. The molecule has 0 unspecified atom stereocenters. The van der Waals surface area contributed by atoms with Gasteiger partial charge in [-0.2, -0.15) is 0 Å². The first kappa shape index (κ1) is 16.3. The van der Waals surface area contributed by atoms with Gasteiger partial charge in [-0.15, -0.1) is 0 Å². The summed E-state index contributed by atoms with van der Waals surface area (Å²) in [6.07, 6.45) is -0.420. The number of carbonyl (C=O) groups is 2. The SMILES string of the molecule is CC(=O)C[C@H](CC(=O)O)O[Si](C)(C)C(C)(C)C. The molecule has 0 saturated heterocycles. The number of aliphatic carboxylic acids is 1. The van der Waals surface area contributed by atoms with E-state index in [0.717, 1.165) is 0 Å². The lowest BCUT2D eigenvalue weighted by atomic mass is 10.1. The van der Waals surface area contributed by atoms with Crippen molar-refractivity contribution in [3.63, 3.8) is 0 Å². The Balaban J connectivity index is 4.73. The van der Waals surface area contributed by atoms with Gasteiger partial charge in [-0.1, -0.05) is 20.8 Å². The van der Waals surface area contributed by atoms with E-state index in [0.29, 0.717) is 0 Å². The predicted molar refractivity (Wildman–Crippen MR) is 69.6 cm³/mol. The van der Waals surface area contributed by atoms with Crippen molar-refractivity contribution < 1.29 is 19.1 Å². The molecule has 0 fully saturated rings. The average molecular weight is 260 g/mol. The van der Waals surface area contributed by atoms with Crippen molar-refractivity contribution in [2.75, 3.05) is 0 Å². The number of carboxylic acids is 1. The minimum absolute atomic E-state index is 0.0144. The van der Waals surface area contributed by atoms with Crippen LogP contribution in [0.25, 0.3) is 0 Å². The summed E-state index contributed by atoms with van der Waals surface area (Å²) in [7, 11) is -2.02. The van der Waals surface area contributed by atoms with Gasteiger partial charge in [-0.05, 0) is 25.1 Å². The molecule has 0 aliphatic carbocycles. The third-order valence-electron chi connectivity index (χ3n) is 3.18. The number of carbonyl (C=O) groups excluding carboxylic acids is 1. The molecule has 100 valence electrons. The molecule has 0 spiro atoms. The Morgan fingerprint density at radius 2 is 1.71 bits per heavy atom. The number of ketones is 1. The van der Waals surface area contributed by atoms with Crippen LogP contribution in [0.4, 0.5) is 0 Å². The quantitative estimate of drug-likeness (QED) is 0.746. The number of carboxylic acid groups (broad SMARTS) is 1. The molecule has 5 heteroatoms. The molecule has 4 nitrogen and oxygen atoms in total. The van der Waals surface area contributed by atoms with E-state index in [1.807, 2.05) is 0 Å². The largest absolute Gasteiger partial charge is 0.481 e. The van der Waals surface area contributed by atoms with Crippen LogP contribution in [-0.4, -0.2) is 31.3 Å². The van der Waals surface area contributed by atoms with Crippen LogP contribution in [0.2, 0.25) is 18.1 Å². The minimum Gasteiger partial charge on any atom is -0.481 e. The Hall–Kier alpha value is -0.683. The van der Waals surface area contributed by atoms with Gasteiger partial charge in [0.05, 0.1) is 12.5 Å². The minimum atomic E-state index is -2.02. The van der Waals surface area contributed by atoms with E-state index >= 15 is 0 Å². The Morgan fingerprint density at radius 1 is 1.24 bits per heavy atom. The first-order chi connectivity index (χ1) is 7.45. The lowest BCUT2D eigenvalue weighted by molar-refractivity contribution is -0.139. The standard InChI is InChI=1S/C12H24O4Si/c1-9(13)7-10(8-11(14)15)16-17(5,6)12(2,3)4/h10H,7-8H2,1-6H3,(H,14,15)/t10-/m1/s1. The zero-order valence-corrected chi connectivity index (χ0v) is 12.7. The summed E-state index contributed by atoms with van der Waals surface area (Å²) in [5.41, 5.74) is 0. The highest BCUT2D eigenvalue weighted by molar-refractivity contribution is 6.74. The van der Waals surface area contributed by atoms with Gasteiger partial charge in [-0.25, -0.2) is 0 Å². The van der Waals surface area contributed by atoms with Crippen LogP contribution in [0.5, 0.6) is 0 Å². The van der Waals surface area contributed by atoms with Crippen LogP contribution in [0.1, 0.15) is 40.5 Å². The molecule has 1 N–H and O–H groups in total. The summed E-state index contributed by atoms with van der Waals surface area (Å²) < 4.78 is 5.96. The molecule has 0 aromatic carbocycles. The lowest BCUT2D eigenvalue weighted by Crippen LogP contribution is -2.44. The van der Waals surface area contributed by atoms with E-state index in [4.69, 9.17) is 9.53 Å². The summed E-state index contributed by atoms with van der Waals surface area (Å²) >= 11 is 0. The maximum atomic E-state index is 11.1. The van der Waals surface area contributed by atoms with Gasteiger partial charge in [0.25, 0.3) is 0 Å². The summed E-state index contributed by atoms with van der Waals surface area (Å²) in [6.45, 7) is 11.8. The Labute approximate surface area is 104 Å². The fraction of sp³-hybridized carbons (Fsp3) is 0.833. The molecule has 0 amide bonds. The summed E-state index contributed by atoms with van der Waals surface area (Å²) in [6, 6.07) is 0. The second-order valence-electron chi connectivity index (χ2n) is 6.00. The van der Waals surface area contributed by atoms with Gasteiger partial charge in [0.1, 0.15) is 5.78 Å². The van der Waals surface area contributed by atoms with E-state index in [1.54, 1.807) is 0 Å². The topological polar surface area (TPSA) is 63.6 Å². The Kier molecular flexibility index (Phi) is 5.54. The Morgan fingerprint density at radius 3 is 2.00 bits per heavy atom. The summed E-state index contributed by atoms with van der Waals surface area (Å²) in [5.74, 6) is -0.954. The van der Waals surface area contributed by atoms with E-state index in [2.05, 4.69) is 33.9 Å². The molecule has 0 heterocycles. The molecule has 0 saturated carbocycles. The average Bonchev–Trinajstić information content (AvgIpc) is 1.96. The van der Waals surface area contributed by atoms with Crippen LogP contribution in [-0.2, 0) is 14.0 Å². The van der Waals surface area contributed by atoms with E-state index in [9.17, 15) is 9.59 Å². The van der Waals surface area contributed by atoms with Crippen molar-refractivity contribution in [3.05, 3.63) is 0 Å². The van der Waals surface area contributed by atoms with Gasteiger partial charge in [-0.3, -0.25) is 9.59 Å². The molecule has 0 aliphatic heterocycles. The van der Waals surface area contributed by atoms with Crippen LogP contribution in [0.3, 0.4) is 0 Å². The van der Waals surface area contributed by atoms with E-state index < -0.39 is 20.4 Å². The molecule has 0 rings (SSSR count). The maximum absolute atomic E-state index is 11.1. The fourth-order valence-electron chi connectivity index (χ4n) is 1.26. The molecule has 0 aliphatic rings. The van der Waals surface area contributed by atoms with Crippen LogP contribution >= 0.6 is 0 Å². The van der Waals surface area contributed by atoms with Crippen molar-refractivity contribution in [2.45, 2.75) is 64.8 Å². The van der Waals surface area contributed by atoms with Crippen molar-refractivity contribution in [1.82, 2.24) is 0 Å². The molecule has 0 aromatic heterocycles. The van der Waals surface area contributed by atoms with Gasteiger partial charge in [0.15, 0.2) is 8.32 Å². The zero-order valence-electron chi connectivity index (χ0n) is 11.7. The first-order valence-corrected chi connectivity index (χ1v) is 8.75. The monoisotopic (exact) mass is 260 g/mol. The third kappa shape index (κ3) is 5.98. The number of rotatable bonds is 6. The van der Waals surface area contributed by atoms with Gasteiger partial charge in [0, 0.05) is 6.42 Å². The first-order valence-electron chi connectivity index (χ1n) is 5.85.